The highest BCUT2D eigenvalue weighted by atomic mass is 79.9. The van der Waals surface area contributed by atoms with Crippen molar-refractivity contribution in [2.75, 3.05) is 0 Å². The summed E-state index contributed by atoms with van der Waals surface area (Å²) in [6.45, 7) is 6.02. The third-order valence-electron chi connectivity index (χ3n) is 1.39. The lowest BCUT2D eigenvalue weighted by atomic mass is 10.0. The Labute approximate surface area is 85.3 Å². The Morgan fingerprint density at radius 3 is 2.50 bits per heavy atom. The molecule has 68 valence electrons. The van der Waals surface area contributed by atoms with Crippen molar-refractivity contribution in [1.82, 2.24) is 4.98 Å². The standard InChI is InChI=1S/C8H13BrN2S/c1-5-7(9)12-6(11-5)4-8(2,3)10/h4,10H2,1-3H3. The first-order valence-electron chi connectivity index (χ1n) is 3.79. The van der Waals surface area contributed by atoms with Crippen LogP contribution in [-0.4, -0.2) is 10.5 Å². The van der Waals surface area contributed by atoms with Crippen molar-refractivity contribution in [3.05, 3.63) is 14.5 Å². The Kier molecular flexibility index (Phi) is 2.91. The highest BCUT2D eigenvalue weighted by Crippen LogP contribution is 2.25. The van der Waals surface area contributed by atoms with Gasteiger partial charge in [0.15, 0.2) is 0 Å². The second-order valence-electron chi connectivity index (χ2n) is 3.63. The summed E-state index contributed by atoms with van der Waals surface area (Å²) in [5.41, 5.74) is 6.77. The fourth-order valence-electron chi connectivity index (χ4n) is 0.896. The number of aryl methyl sites for hydroxylation is 1. The number of hydrogen-bond donors (Lipinski definition) is 1. The number of rotatable bonds is 2. The van der Waals surface area contributed by atoms with Crippen LogP contribution >= 0.6 is 27.3 Å². The molecule has 0 aromatic carbocycles. The molecule has 4 heteroatoms. The molecule has 0 atom stereocenters. The number of thiazole rings is 1. The van der Waals surface area contributed by atoms with Crippen LogP contribution in [0.4, 0.5) is 0 Å². The lowest BCUT2D eigenvalue weighted by Crippen LogP contribution is -2.34. The minimum Gasteiger partial charge on any atom is -0.325 e. The minimum atomic E-state index is -0.163. The molecule has 0 aliphatic carbocycles. The summed E-state index contributed by atoms with van der Waals surface area (Å²) in [6.07, 6.45) is 0.837. The van der Waals surface area contributed by atoms with Crippen molar-refractivity contribution >= 4 is 27.3 Å². The average Bonchev–Trinajstić information content (AvgIpc) is 2.07. The van der Waals surface area contributed by atoms with Gasteiger partial charge in [0, 0.05) is 12.0 Å². The van der Waals surface area contributed by atoms with Gasteiger partial charge >= 0.3 is 0 Å². The Hall–Kier alpha value is 0.0700. The first-order valence-corrected chi connectivity index (χ1v) is 5.40. The van der Waals surface area contributed by atoms with Gasteiger partial charge in [-0.1, -0.05) is 0 Å². The van der Waals surface area contributed by atoms with E-state index in [1.165, 1.54) is 0 Å². The van der Waals surface area contributed by atoms with Crippen LogP contribution in [-0.2, 0) is 6.42 Å². The van der Waals surface area contributed by atoms with E-state index >= 15 is 0 Å². The predicted molar refractivity (Wildman–Crippen MR) is 56.5 cm³/mol. The van der Waals surface area contributed by atoms with Crippen molar-refractivity contribution in [3.8, 4) is 0 Å². The minimum absolute atomic E-state index is 0.163. The molecule has 0 aliphatic rings. The number of hydrogen-bond acceptors (Lipinski definition) is 3. The van der Waals surface area contributed by atoms with E-state index in [9.17, 15) is 0 Å². The molecule has 2 nitrogen and oxygen atoms in total. The normalized spacial score (nSPS) is 12.1. The van der Waals surface area contributed by atoms with Crippen LogP contribution in [0.1, 0.15) is 24.5 Å². The lowest BCUT2D eigenvalue weighted by Gasteiger charge is -2.15. The summed E-state index contributed by atoms with van der Waals surface area (Å²) in [5.74, 6) is 0. The molecule has 12 heavy (non-hydrogen) atoms. The van der Waals surface area contributed by atoms with Crippen LogP contribution in [0.3, 0.4) is 0 Å². The molecule has 0 saturated carbocycles. The summed E-state index contributed by atoms with van der Waals surface area (Å²) in [7, 11) is 0. The number of nitrogens with zero attached hydrogens (tertiary/aromatic N) is 1. The van der Waals surface area contributed by atoms with Gasteiger partial charge in [0.1, 0.15) is 0 Å². The van der Waals surface area contributed by atoms with Crippen LogP contribution in [0.5, 0.6) is 0 Å². The summed E-state index contributed by atoms with van der Waals surface area (Å²) >= 11 is 5.11. The molecule has 1 aromatic heterocycles. The van der Waals surface area contributed by atoms with E-state index < -0.39 is 0 Å². The van der Waals surface area contributed by atoms with Gasteiger partial charge < -0.3 is 5.73 Å². The average molecular weight is 249 g/mol. The zero-order valence-electron chi connectivity index (χ0n) is 7.52. The van der Waals surface area contributed by atoms with Gasteiger partial charge in [-0.15, -0.1) is 11.3 Å². The zero-order chi connectivity index (χ0) is 9.35. The molecule has 1 aromatic rings. The van der Waals surface area contributed by atoms with Gasteiger partial charge in [0.05, 0.1) is 14.5 Å². The van der Waals surface area contributed by atoms with Crippen LogP contribution in [0.2, 0.25) is 0 Å². The first kappa shape index (κ1) is 10.2. The zero-order valence-corrected chi connectivity index (χ0v) is 9.92. The largest absolute Gasteiger partial charge is 0.325 e. The molecule has 0 bridgehead atoms. The smallest absolute Gasteiger partial charge is 0.0958 e. The van der Waals surface area contributed by atoms with Gasteiger partial charge in [-0.25, -0.2) is 4.98 Å². The Morgan fingerprint density at radius 2 is 2.17 bits per heavy atom. The molecular formula is C8H13BrN2S. The molecular weight excluding hydrogens is 236 g/mol. The van der Waals surface area contributed by atoms with Crippen LogP contribution in [0.25, 0.3) is 0 Å². The van der Waals surface area contributed by atoms with Gasteiger partial charge in [-0.3, -0.25) is 0 Å². The fraction of sp³-hybridized carbons (Fsp3) is 0.625. The fourth-order valence-corrected chi connectivity index (χ4v) is 2.57. The van der Waals surface area contributed by atoms with E-state index in [2.05, 4.69) is 20.9 Å². The topological polar surface area (TPSA) is 38.9 Å². The van der Waals surface area contributed by atoms with Crippen molar-refractivity contribution in [1.29, 1.82) is 0 Å². The van der Waals surface area contributed by atoms with E-state index in [4.69, 9.17) is 5.73 Å². The summed E-state index contributed by atoms with van der Waals surface area (Å²) < 4.78 is 1.11. The lowest BCUT2D eigenvalue weighted by molar-refractivity contribution is 0.515. The van der Waals surface area contributed by atoms with Crippen molar-refractivity contribution in [2.24, 2.45) is 5.73 Å². The molecule has 1 rings (SSSR count). The van der Waals surface area contributed by atoms with E-state index in [1.54, 1.807) is 11.3 Å². The monoisotopic (exact) mass is 248 g/mol. The number of halogens is 1. The molecule has 0 saturated heterocycles. The van der Waals surface area contributed by atoms with Gasteiger partial charge in [-0.05, 0) is 36.7 Å². The summed E-state index contributed by atoms with van der Waals surface area (Å²) in [6, 6.07) is 0. The van der Waals surface area contributed by atoms with Gasteiger partial charge in [0.2, 0.25) is 0 Å². The first-order chi connectivity index (χ1) is 5.38. The molecule has 0 unspecified atom stereocenters. The van der Waals surface area contributed by atoms with Crippen LogP contribution in [0.15, 0.2) is 3.79 Å². The maximum Gasteiger partial charge on any atom is 0.0958 e. The summed E-state index contributed by atoms with van der Waals surface area (Å²) in [4.78, 5) is 4.39. The molecule has 1 heterocycles. The van der Waals surface area contributed by atoms with Crippen molar-refractivity contribution < 1.29 is 0 Å². The Bertz CT molecular complexity index is 256. The molecule has 0 fully saturated rings. The van der Waals surface area contributed by atoms with E-state index in [0.717, 1.165) is 20.9 Å². The molecule has 0 radical (unpaired) electrons. The van der Waals surface area contributed by atoms with Gasteiger partial charge in [-0.2, -0.15) is 0 Å². The maximum atomic E-state index is 5.88. The summed E-state index contributed by atoms with van der Waals surface area (Å²) in [5, 5.41) is 1.10. The second-order valence-corrected chi connectivity index (χ2v) is 6.03. The van der Waals surface area contributed by atoms with Gasteiger partial charge in [0.25, 0.3) is 0 Å². The van der Waals surface area contributed by atoms with E-state index in [-0.39, 0.29) is 5.54 Å². The van der Waals surface area contributed by atoms with Crippen LogP contribution < -0.4 is 5.73 Å². The SMILES string of the molecule is Cc1nc(CC(C)(C)N)sc1Br. The maximum absolute atomic E-state index is 5.88. The quantitative estimate of drug-likeness (QED) is 0.874. The third kappa shape index (κ3) is 2.84. The molecule has 2 N–H and O–H groups in total. The van der Waals surface area contributed by atoms with Crippen molar-refractivity contribution in [3.63, 3.8) is 0 Å². The number of nitrogens with two attached hydrogens (primary N) is 1. The Balaban J connectivity index is 2.77. The highest BCUT2D eigenvalue weighted by molar-refractivity contribution is 9.11. The molecule has 0 amide bonds. The van der Waals surface area contributed by atoms with E-state index in [0.29, 0.717) is 0 Å². The molecule has 0 aliphatic heterocycles. The highest BCUT2D eigenvalue weighted by Gasteiger charge is 2.15. The predicted octanol–water partition coefficient (Wildman–Crippen LogP) is 2.49. The number of aromatic nitrogens is 1. The third-order valence-corrected chi connectivity index (χ3v) is 3.40. The Morgan fingerprint density at radius 1 is 1.58 bits per heavy atom. The van der Waals surface area contributed by atoms with E-state index in [1.807, 2.05) is 20.8 Å². The van der Waals surface area contributed by atoms with Crippen molar-refractivity contribution in [2.45, 2.75) is 32.7 Å². The van der Waals surface area contributed by atoms with Crippen LogP contribution in [0, 0.1) is 6.92 Å². The second kappa shape index (κ2) is 3.44. The molecule has 0 spiro atoms.